The topological polar surface area (TPSA) is 0 Å². The fourth-order valence-corrected chi connectivity index (χ4v) is 3.08. The molecule has 0 saturated heterocycles. The Morgan fingerprint density at radius 1 is 0.762 bits per heavy atom. The van der Waals surface area contributed by atoms with E-state index in [1.807, 2.05) is 0 Å². The van der Waals surface area contributed by atoms with Crippen molar-refractivity contribution in [3.63, 3.8) is 0 Å². The van der Waals surface area contributed by atoms with Crippen LogP contribution >= 0.6 is 0 Å². The first kappa shape index (κ1) is 13.9. The quantitative estimate of drug-likeness (QED) is 0.453. The molecule has 0 fully saturated rings. The third-order valence-corrected chi connectivity index (χ3v) is 4.40. The number of allylic oxidation sites excluding steroid dienone is 1. The maximum atomic E-state index is 4.41. The summed E-state index contributed by atoms with van der Waals surface area (Å²) >= 11 is 0. The van der Waals surface area contributed by atoms with Crippen LogP contribution < -0.4 is 0 Å². The van der Waals surface area contributed by atoms with Crippen molar-refractivity contribution in [2.75, 3.05) is 0 Å². The van der Waals surface area contributed by atoms with Crippen molar-refractivity contribution in [2.45, 2.75) is 27.7 Å². The molecule has 0 unspecified atom stereocenters. The number of hydrogen-bond donors (Lipinski definition) is 0. The van der Waals surface area contributed by atoms with Crippen LogP contribution in [0.5, 0.6) is 0 Å². The second-order valence-electron chi connectivity index (χ2n) is 6.82. The number of benzene rings is 3. The molecule has 0 radical (unpaired) electrons. The highest BCUT2D eigenvalue weighted by Crippen LogP contribution is 2.41. The van der Waals surface area contributed by atoms with Crippen LogP contribution in [-0.4, -0.2) is 0 Å². The van der Waals surface area contributed by atoms with Crippen LogP contribution in [0.1, 0.15) is 31.9 Å². The van der Waals surface area contributed by atoms with Crippen LogP contribution in [-0.2, 0) is 0 Å². The van der Waals surface area contributed by atoms with Crippen LogP contribution in [0.3, 0.4) is 0 Å². The largest absolute Gasteiger partial charge is 0.0947 e. The molecule has 0 aromatic heterocycles. The summed E-state index contributed by atoms with van der Waals surface area (Å²) in [6.07, 6.45) is 0. The Hall–Kier alpha value is -2.08. The van der Waals surface area contributed by atoms with Crippen LogP contribution in [0.25, 0.3) is 27.1 Å². The minimum atomic E-state index is 0.0655. The van der Waals surface area contributed by atoms with Gasteiger partial charge in [0.2, 0.25) is 0 Å². The van der Waals surface area contributed by atoms with E-state index < -0.39 is 0 Å². The summed E-state index contributed by atoms with van der Waals surface area (Å²) in [5, 5.41) is 5.29. The van der Waals surface area contributed by atoms with Gasteiger partial charge < -0.3 is 0 Å². The van der Waals surface area contributed by atoms with E-state index in [-0.39, 0.29) is 5.41 Å². The number of rotatable bonds is 1. The highest BCUT2D eigenvalue weighted by Gasteiger charge is 2.21. The van der Waals surface area contributed by atoms with Gasteiger partial charge in [-0.1, -0.05) is 75.9 Å². The average Bonchev–Trinajstić information content (AvgIpc) is 2.46. The molecule has 0 atom stereocenters. The van der Waals surface area contributed by atoms with E-state index in [1.165, 1.54) is 38.2 Å². The third kappa shape index (κ3) is 2.15. The van der Waals surface area contributed by atoms with Crippen molar-refractivity contribution in [3.8, 4) is 0 Å². The van der Waals surface area contributed by atoms with Gasteiger partial charge in [0.15, 0.2) is 0 Å². The zero-order chi connectivity index (χ0) is 15.2. The van der Waals surface area contributed by atoms with E-state index in [1.54, 1.807) is 0 Å². The fraction of sp³-hybridized carbons (Fsp3) is 0.238. The lowest BCUT2D eigenvalue weighted by Crippen LogP contribution is -2.09. The first-order valence-electron chi connectivity index (χ1n) is 7.51. The smallest absolute Gasteiger partial charge is 0.00991 e. The summed E-state index contributed by atoms with van der Waals surface area (Å²) in [4.78, 5) is 0. The zero-order valence-corrected chi connectivity index (χ0v) is 13.3. The van der Waals surface area contributed by atoms with E-state index in [9.17, 15) is 0 Å². The Morgan fingerprint density at radius 2 is 1.19 bits per heavy atom. The van der Waals surface area contributed by atoms with Crippen molar-refractivity contribution >= 4 is 27.1 Å². The first-order valence-corrected chi connectivity index (χ1v) is 7.51. The van der Waals surface area contributed by atoms with Gasteiger partial charge in [0.05, 0.1) is 0 Å². The summed E-state index contributed by atoms with van der Waals surface area (Å²) in [5.41, 5.74) is 3.93. The molecule has 0 aliphatic rings. The first-order chi connectivity index (χ1) is 9.91. The number of aryl methyl sites for hydroxylation is 1. The maximum absolute atomic E-state index is 4.41. The molecule has 0 bridgehead atoms. The molecule has 0 N–H and O–H groups in total. The minimum absolute atomic E-state index is 0.0655. The number of fused-ring (bicyclic) bond motifs is 3. The average molecular weight is 274 g/mol. The molecular weight excluding hydrogens is 252 g/mol. The Labute approximate surface area is 127 Å². The Bertz CT molecular complexity index is 845. The minimum Gasteiger partial charge on any atom is -0.0947 e. The van der Waals surface area contributed by atoms with Gasteiger partial charge in [0.1, 0.15) is 0 Å². The van der Waals surface area contributed by atoms with E-state index in [4.69, 9.17) is 0 Å². The van der Waals surface area contributed by atoms with Crippen LogP contribution in [0.2, 0.25) is 0 Å². The predicted octanol–water partition coefficient (Wildman–Crippen LogP) is 6.36. The molecule has 0 aliphatic carbocycles. The second-order valence-corrected chi connectivity index (χ2v) is 6.82. The van der Waals surface area contributed by atoms with Gasteiger partial charge in [0.25, 0.3) is 0 Å². The normalized spacial score (nSPS) is 12.0. The maximum Gasteiger partial charge on any atom is -0.00991 e. The molecular formula is C21H22. The zero-order valence-electron chi connectivity index (χ0n) is 13.3. The number of hydrogen-bond acceptors (Lipinski definition) is 0. The fourth-order valence-electron chi connectivity index (χ4n) is 3.08. The van der Waals surface area contributed by atoms with E-state index in [0.29, 0.717) is 0 Å². The molecule has 0 heterocycles. The van der Waals surface area contributed by atoms with E-state index >= 15 is 0 Å². The standard InChI is InChI=1S/C21H22/c1-14-16-10-6-7-11-17(16)18-12-8-9-13-19(18)20(14)15(2)21(3,4)5/h6-13H,2H2,1,3-5H3. The molecule has 3 rings (SSSR count). The van der Waals surface area contributed by atoms with Crippen molar-refractivity contribution in [1.29, 1.82) is 0 Å². The van der Waals surface area contributed by atoms with Gasteiger partial charge in [0, 0.05) is 0 Å². The summed E-state index contributed by atoms with van der Waals surface area (Å²) < 4.78 is 0. The molecule has 3 aromatic carbocycles. The lowest BCUT2D eigenvalue weighted by atomic mass is 9.78. The van der Waals surface area contributed by atoms with Gasteiger partial charge >= 0.3 is 0 Å². The van der Waals surface area contributed by atoms with Gasteiger partial charge in [-0.25, -0.2) is 0 Å². The van der Waals surface area contributed by atoms with E-state index in [0.717, 1.165) is 0 Å². The Morgan fingerprint density at radius 3 is 1.71 bits per heavy atom. The van der Waals surface area contributed by atoms with Crippen molar-refractivity contribution in [2.24, 2.45) is 5.41 Å². The molecule has 0 spiro atoms. The van der Waals surface area contributed by atoms with E-state index in [2.05, 4.69) is 82.8 Å². The van der Waals surface area contributed by atoms with Gasteiger partial charge in [-0.15, -0.1) is 0 Å². The van der Waals surface area contributed by atoms with Crippen LogP contribution in [0.15, 0.2) is 55.1 Å². The summed E-state index contributed by atoms with van der Waals surface area (Å²) in [6.45, 7) is 13.3. The van der Waals surface area contributed by atoms with Crippen molar-refractivity contribution < 1.29 is 0 Å². The lowest BCUT2D eigenvalue weighted by Gasteiger charge is -2.26. The Balaban J connectivity index is 2.53. The third-order valence-electron chi connectivity index (χ3n) is 4.40. The highest BCUT2D eigenvalue weighted by atomic mass is 14.3. The van der Waals surface area contributed by atoms with Crippen LogP contribution in [0.4, 0.5) is 0 Å². The second kappa shape index (κ2) is 4.73. The summed E-state index contributed by atoms with van der Waals surface area (Å²) in [6, 6.07) is 17.4. The van der Waals surface area contributed by atoms with Crippen LogP contribution in [0, 0.1) is 12.3 Å². The molecule has 0 nitrogen and oxygen atoms in total. The lowest BCUT2D eigenvalue weighted by molar-refractivity contribution is 0.568. The summed E-state index contributed by atoms with van der Waals surface area (Å²) in [7, 11) is 0. The SMILES string of the molecule is C=C(c1c(C)c2ccccc2c2ccccc12)C(C)(C)C. The van der Waals surface area contributed by atoms with Crippen molar-refractivity contribution in [1.82, 2.24) is 0 Å². The Kier molecular flexibility index (Phi) is 3.13. The summed E-state index contributed by atoms with van der Waals surface area (Å²) in [5.74, 6) is 0. The molecule has 0 heteroatoms. The highest BCUT2D eigenvalue weighted by molar-refractivity contribution is 6.13. The molecule has 0 saturated carbocycles. The molecule has 21 heavy (non-hydrogen) atoms. The molecule has 0 amide bonds. The predicted molar refractivity (Wildman–Crippen MR) is 94.7 cm³/mol. The monoisotopic (exact) mass is 274 g/mol. The molecule has 3 aromatic rings. The molecule has 106 valence electrons. The molecule has 0 aliphatic heterocycles. The van der Waals surface area contributed by atoms with Gasteiger partial charge in [-0.05, 0) is 50.6 Å². The van der Waals surface area contributed by atoms with Gasteiger partial charge in [-0.2, -0.15) is 0 Å². The van der Waals surface area contributed by atoms with Gasteiger partial charge in [-0.3, -0.25) is 0 Å². The van der Waals surface area contributed by atoms with Crippen molar-refractivity contribution in [3.05, 3.63) is 66.2 Å².